The zero-order valence-corrected chi connectivity index (χ0v) is 15.1. The average Bonchev–Trinajstić information content (AvgIpc) is 3.11. The van der Waals surface area contributed by atoms with Crippen molar-refractivity contribution in [3.8, 4) is 17.0 Å². The summed E-state index contributed by atoms with van der Waals surface area (Å²) in [5.74, 6) is 0.826. The molecule has 0 amide bonds. The van der Waals surface area contributed by atoms with Gasteiger partial charge in [0.05, 0.1) is 16.5 Å². The number of para-hydroxylation sites is 1. The SMILES string of the molecule is CCNc1n[nH]c2nc(-c3ccc(O)cc3)c3c(=O)[nH]c4ccccc4c3c12. The van der Waals surface area contributed by atoms with Crippen LogP contribution in [0.4, 0.5) is 5.82 Å². The number of fused-ring (bicyclic) bond motifs is 5. The molecule has 138 valence electrons. The molecular formula is C21H17N5O2. The van der Waals surface area contributed by atoms with Crippen LogP contribution in [0.5, 0.6) is 5.75 Å². The Morgan fingerprint density at radius 3 is 2.61 bits per heavy atom. The molecule has 0 radical (unpaired) electrons. The zero-order valence-electron chi connectivity index (χ0n) is 15.1. The van der Waals surface area contributed by atoms with E-state index >= 15 is 0 Å². The van der Waals surface area contributed by atoms with E-state index < -0.39 is 0 Å². The van der Waals surface area contributed by atoms with Gasteiger partial charge in [0.15, 0.2) is 11.5 Å². The van der Waals surface area contributed by atoms with E-state index in [0.29, 0.717) is 29.1 Å². The average molecular weight is 371 g/mol. The molecule has 3 heterocycles. The van der Waals surface area contributed by atoms with Crippen molar-refractivity contribution in [2.24, 2.45) is 0 Å². The van der Waals surface area contributed by atoms with Gasteiger partial charge in [0.1, 0.15) is 5.75 Å². The summed E-state index contributed by atoms with van der Waals surface area (Å²) in [6, 6.07) is 14.4. The number of phenols is 1. The first-order valence-corrected chi connectivity index (χ1v) is 9.03. The highest BCUT2D eigenvalue weighted by atomic mass is 16.3. The van der Waals surface area contributed by atoms with Crippen LogP contribution in [0, 0.1) is 0 Å². The van der Waals surface area contributed by atoms with E-state index in [1.807, 2.05) is 31.2 Å². The van der Waals surface area contributed by atoms with E-state index in [1.54, 1.807) is 24.3 Å². The minimum absolute atomic E-state index is 0.157. The first-order chi connectivity index (χ1) is 13.7. The third kappa shape index (κ3) is 2.33. The normalized spacial score (nSPS) is 11.5. The van der Waals surface area contributed by atoms with Crippen LogP contribution < -0.4 is 10.9 Å². The number of aromatic hydroxyl groups is 1. The highest BCUT2D eigenvalue weighted by Gasteiger charge is 2.20. The molecule has 2 aromatic carbocycles. The summed E-state index contributed by atoms with van der Waals surface area (Å²) >= 11 is 0. The number of rotatable bonds is 3. The lowest BCUT2D eigenvalue weighted by Gasteiger charge is -2.11. The Balaban J connectivity index is 2.04. The van der Waals surface area contributed by atoms with Gasteiger partial charge in [-0.25, -0.2) is 4.98 Å². The Labute approximate surface area is 159 Å². The number of phenolic OH excluding ortho intramolecular Hbond substituents is 1. The van der Waals surface area contributed by atoms with Crippen molar-refractivity contribution in [1.82, 2.24) is 20.2 Å². The summed E-state index contributed by atoms with van der Waals surface area (Å²) in [4.78, 5) is 20.8. The van der Waals surface area contributed by atoms with Crippen LogP contribution in [0.3, 0.4) is 0 Å². The van der Waals surface area contributed by atoms with Crippen molar-refractivity contribution in [2.45, 2.75) is 6.92 Å². The van der Waals surface area contributed by atoms with Gasteiger partial charge in [0.2, 0.25) is 0 Å². The standard InChI is InChI=1S/C21H17N5O2/c1-2-22-19-17-15-13-5-3-4-6-14(13)23-21(28)16(15)18(24-20(17)26-25-19)11-7-9-12(27)10-8-11/h3-10,27H,2H2,1H3,(H,23,28)(H2,22,24,25,26). The predicted octanol–water partition coefficient (Wildman–Crippen LogP) is 3.76. The number of hydrogen-bond acceptors (Lipinski definition) is 5. The summed E-state index contributed by atoms with van der Waals surface area (Å²) in [7, 11) is 0. The Morgan fingerprint density at radius 1 is 1.04 bits per heavy atom. The molecule has 0 spiro atoms. The highest BCUT2D eigenvalue weighted by Crippen LogP contribution is 2.36. The monoisotopic (exact) mass is 371 g/mol. The third-order valence-electron chi connectivity index (χ3n) is 4.86. The number of hydrogen-bond donors (Lipinski definition) is 4. The second kappa shape index (κ2) is 6.09. The van der Waals surface area contributed by atoms with E-state index in [9.17, 15) is 9.90 Å². The molecule has 7 heteroatoms. The fraction of sp³-hybridized carbons (Fsp3) is 0.0952. The molecule has 0 saturated heterocycles. The number of benzene rings is 2. The first kappa shape index (κ1) is 16.3. The highest BCUT2D eigenvalue weighted by molar-refractivity contribution is 6.23. The van der Waals surface area contributed by atoms with Gasteiger partial charge >= 0.3 is 0 Å². The van der Waals surface area contributed by atoms with Gasteiger partial charge in [0, 0.05) is 28.4 Å². The molecule has 3 aromatic heterocycles. The van der Waals surface area contributed by atoms with E-state index in [2.05, 4.69) is 20.5 Å². The van der Waals surface area contributed by atoms with Crippen molar-refractivity contribution in [1.29, 1.82) is 0 Å². The molecule has 0 aliphatic carbocycles. The molecule has 7 nitrogen and oxygen atoms in total. The lowest BCUT2D eigenvalue weighted by Crippen LogP contribution is -2.09. The molecule has 0 fully saturated rings. The van der Waals surface area contributed by atoms with Gasteiger partial charge < -0.3 is 15.4 Å². The molecule has 28 heavy (non-hydrogen) atoms. The maximum Gasteiger partial charge on any atom is 0.258 e. The Hall–Kier alpha value is -3.87. The fourth-order valence-corrected chi connectivity index (χ4v) is 3.67. The molecule has 0 unspecified atom stereocenters. The quantitative estimate of drug-likeness (QED) is 0.361. The first-order valence-electron chi connectivity index (χ1n) is 9.03. The third-order valence-corrected chi connectivity index (χ3v) is 4.86. The summed E-state index contributed by atoms with van der Waals surface area (Å²) in [6.45, 7) is 2.69. The number of anilines is 1. The maximum absolute atomic E-state index is 13.1. The molecule has 4 N–H and O–H groups in total. The van der Waals surface area contributed by atoms with Crippen molar-refractivity contribution in [3.05, 3.63) is 58.9 Å². The maximum atomic E-state index is 13.1. The van der Waals surface area contributed by atoms with Gasteiger partial charge in [0.25, 0.3) is 5.56 Å². The summed E-state index contributed by atoms with van der Waals surface area (Å²) < 4.78 is 0. The van der Waals surface area contributed by atoms with Gasteiger partial charge in [-0.2, -0.15) is 5.10 Å². The molecule has 5 rings (SSSR count). The van der Waals surface area contributed by atoms with Crippen LogP contribution in [-0.2, 0) is 0 Å². The topological polar surface area (TPSA) is 107 Å². The Kier molecular flexibility index (Phi) is 3.55. The minimum Gasteiger partial charge on any atom is -0.508 e. The smallest absolute Gasteiger partial charge is 0.258 e. The van der Waals surface area contributed by atoms with Gasteiger partial charge in [-0.3, -0.25) is 9.89 Å². The van der Waals surface area contributed by atoms with Crippen LogP contribution >= 0.6 is 0 Å². The number of H-pyrrole nitrogens is 2. The van der Waals surface area contributed by atoms with Crippen molar-refractivity contribution < 1.29 is 5.11 Å². The molecule has 5 aromatic rings. The molecule has 0 atom stereocenters. The van der Waals surface area contributed by atoms with Crippen molar-refractivity contribution >= 4 is 38.5 Å². The molecular weight excluding hydrogens is 354 g/mol. The second-order valence-electron chi connectivity index (χ2n) is 6.58. The van der Waals surface area contributed by atoms with Crippen LogP contribution in [-0.4, -0.2) is 31.8 Å². The van der Waals surface area contributed by atoms with Crippen LogP contribution in [0.1, 0.15) is 6.92 Å². The number of aromatic amines is 2. The largest absolute Gasteiger partial charge is 0.508 e. The van der Waals surface area contributed by atoms with Crippen molar-refractivity contribution in [3.63, 3.8) is 0 Å². The lowest BCUT2D eigenvalue weighted by molar-refractivity contribution is 0.475. The Bertz CT molecular complexity index is 1400. The van der Waals surface area contributed by atoms with Gasteiger partial charge in [-0.1, -0.05) is 18.2 Å². The second-order valence-corrected chi connectivity index (χ2v) is 6.58. The summed E-state index contributed by atoms with van der Waals surface area (Å²) in [6.07, 6.45) is 0. The summed E-state index contributed by atoms with van der Waals surface area (Å²) in [5, 5.41) is 23.3. The van der Waals surface area contributed by atoms with E-state index in [0.717, 1.165) is 27.2 Å². The van der Waals surface area contributed by atoms with Crippen LogP contribution in [0.2, 0.25) is 0 Å². The van der Waals surface area contributed by atoms with Crippen molar-refractivity contribution in [2.75, 3.05) is 11.9 Å². The molecule has 0 bridgehead atoms. The zero-order chi connectivity index (χ0) is 19.3. The predicted molar refractivity (Wildman–Crippen MR) is 111 cm³/mol. The number of pyridine rings is 2. The van der Waals surface area contributed by atoms with Gasteiger partial charge in [-0.15, -0.1) is 0 Å². The number of nitrogens with zero attached hydrogens (tertiary/aromatic N) is 2. The lowest BCUT2D eigenvalue weighted by atomic mass is 9.99. The number of nitrogens with one attached hydrogen (secondary N) is 3. The molecule has 0 aliphatic heterocycles. The fourth-order valence-electron chi connectivity index (χ4n) is 3.67. The molecule has 0 aliphatic rings. The van der Waals surface area contributed by atoms with Crippen LogP contribution in [0.25, 0.3) is 44.0 Å². The molecule has 0 saturated carbocycles. The number of aromatic nitrogens is 4. The Morgan fingerprint density at radius 2 is 1.82 bits per heavy atom. The van der Waals surface area contributed by atoms with E-state index in [-0.39, 0.29) is 11.3 Å². The summed E-state index contributed by atoms with van der Waals surface area (Å²) in [5.41, 5.74) is 2.43. The van der Waals surface area contributed by atoms with E-state index in [4.69, 9.17) is 4.98 Å². The van der Waals surface area contributed by atoms with Gasteiger partial charge in [-0.05, 0) is 37.3 Å². The van der Waals surface area contributed by atoms with Crippen LogP contribution in [0.15, 0.2) is 53.3 Å². The van der Waals surface area contributed by atoms with E-state index in [1.165, 1.54) is 0 Å². The minimum atomic E-state index is -0.213.